The number of aromatic nitrogens is 2. The lowest BCUT2D eigenvalue weighted by Crippen LogP contribution is -2.41. The molecule has 35 heavy (non-hydrogen) atoms. The van der Waals surface area contributed by atoms with Crippen LogP contribution < -0.4 is 10.9 Å². The number of amides is 2. The molecule has 0 aliphatic rings. The quantitative estimate of drug-likeness (QED) is 0.408. The summed E-state index contributed by atoms with van der Waals surface area (Å²) in [6.07, 6.45) is 0. The van der Waals surface area contributed by atoms with E-state index in [1.54, 1.807) is 37.3 Å². The van der Waals surface area contributed by atoms with Crippen LogP contribution in [0.25, 0.3) is 10.9 Å². The molecule has 0 fully saturated rings. The van der Waals surface area contributed by atoms with Gasteiger partial charge in [-0.25, -0.2) is 9.78 Å². The highest BCUT2D eigenvalue weighted by Crippen LogP contribution is 2.33. The van der Waals surface area contributed by atoms with E-state index in [-0.39, 0.29) is 23.4 Å². The van der Waals surface area contributed by atoms with Crippen LogP contribution >= 0.6 is 11.6 Å². The van der Waals surface area contributed by atoms with E-state index in [9.17, 15) is 9.59 Å². The third-order valence-electron chi connectivity index (χ3n) is 6.32. The number of hydrogen-bond donors (Lipinski definition) is 1. The first-order valence-corrected chi connectivity index (χ1v) is 12.3. The summed E-state index contributed by atoms with van der Waals surface area (Å²) in [5, 5.41) is 4.15. The highest BCUT2D eigenvalue weighted by atomic mass is 35.5. The number of nitrogens with one attached hydrogen (secondary N) is 1. The molecule has 0 radical (unpaired) electrons. The molecule has 0 saturated carbocycles. The summed E-state index contributed by atoms with van der Waals surface area (Å²) in [5.74, 6) is 0.945. The van der Waals surface area contributed by atoms with Crippen molar-refractivity contribution in [3.05, 3.63) is 68.7 Å². The molecule has 1 N–H and O–H groups in total. The van der Waals surface area contributed by atoms with Crippen molar-refractivity contribution in [2.24, 2.45) is 7.05 Å². The van der Waals surface area contributed by atoms with Gasteiger partial charge in [-0.2, -0.15) is 0 Å². The van der Waals surface area contributed by atoms with Crippen molar-refractivity contribution < 1.29 is 9.53 Å². The number of fused-ring (bicyclic) bond motifs is 1. The van der Waals surface area contributed by atoms with E-state index in [0.717, 1.165) is 16.8 Å². The second-order valence-electron chi connectivity index (χ2n) is 9.41. The number of para-hydroxylation sites is 1. The minimum atomic E-state index is -0.500. The minimum Gasteiger partial charge on any atom is -0.383 e. The lowest BCUT2D eigenvalue weighted by atomic mass is 9.93. The summed E-state index contributed by atoms with van der Waals surface area (Å²) in [7, 11) is 3.27. The molecule has 0 aliphatic heterocycles. The molecule has 1 aromatic heterocycles. The molecule has 0 saturated heterocycles. The van der Waals surface area contributed by atoms with Gasteiger partial charge in [0.05, 0.1) is 23.6 Å². The van der Waals surface area contributed by atoms with Crippen LogP contribution in [0.2, 0.25) is 5.02 Å². The Bertz CT molecular complexity index is 1240. The number of halogens is 1. The number of hydrogen-bond acceptors (Lipinski definition) is 4. The Morgan fingerprint density at radius 1 is 1.11 bits per heavy atom. The Kier molecular flexibility index (Phi) is 8.56. The van der Waals surface area contributed by atoms with Crippen LogP contribution in [0.5, 0.6) is 0 Å². The third kappa shape index (κ3) is 5.68. The summed E-state index contributed by atoms with van der Waals surface area (Å²) in [6.45, 7) is 11.0. The zero-order valence-electron chi connectivity index (χ0n) is 21.6. The van der Waals surface area contributed by atoms with Crippen LogP contribution in [0.1, 0.15) is 69.4 Å². The molecule has 0 spiro atoms. The molecule has 7 nitrogen and oxygen atoms in total. The number of rotatable bonds is 8. The zero-order valence-corrected chi connectivity index (χ0v) is 22.3. The van der Waals surface area contributed by atoms with Gasteiger partial charge >= 0.3 is 6.03 Å². The first kappa shape index (κ1) is 26.7. The Balaban J connectivity index is 2.06. The van der Waals surface area contributed by atoms with Gasteiger partial charge in [0.25, 0.3) is 5.56 Å². The fourth-order valence-corrected chi connectivity index (χ4v) is 4.48. The summed E-state index contributed by atoms with van der Waals surface area (Å²) < 4.78 is 6.79. The summed E-state index contributed by atoms with van der Waals surface area (Å²) in [5.41, 5.74) is 3.31. The number of urea groups is 1. The van der Waals surface area contributed by atoms with Crippen molar-refractivity contribution in [1.82, 2.24) is 14.5 Å². The van der Waals surface area contributed by atoms with Crippen molar-refractivity contribution in [3.63, 3.8) is 0 Å². The van der Waals surface area contributed by atoms with E-state index in [1.807, 2.05) is 25.1 Å². The van der Waals surface area contributed by atoms with Crippen molar-refractivity contribution in [2.75, 3.05) is 25.6 Å². The Labute approximate surface area is 212 Å². The fraction of sp³-hybridized carbons (Fsp3) is 0.444. The number of anilines is 1. The number of carbonyl (C=O) groups excluding carboxylic acids is 1. The Morgan fingerprint density at radius 3 is 2.31 bits per heavy atom. The predicted octanol–water partition coefficient (Wildman–Crippen LogP) is 6.08. The maximum absolute atomic E-state index is 13.7. The van der Waals surface area contributed by atoms with Gasteiger partial charge in [-0.15, -0.1) is 0 Å². The monoisotopic (exact) mass is 498 g/mol. The molecule has 2 amide bonds. The second-order valence-corrected chi connectivity index (χ2v) is 9.85. The maximum Gasteiger partial charge on any atom is 0.322 e. The van der Waals surface area contributed by atoms with Gasteiger partial charge in [-0.3, -0.25) is 9.36 Å². The van der Waals surface area contributed by atoms with Crippen LogP contribution in [-0.4, -0.2) is 40.7 Å². The van der Waals surface area contributed by atoms with E-state index in [1.165, 1.54) is 4.57 Å². The first-order valence-electron chi connectivity index (χ1n) is 11.9. The summed E-state index contributed by atoms with van der Waals surface area (Å²) in [6, 6.07) is 10.4. The summed E-state index contributed by atoms with van der Waals surface area (Å²) in [4.78, 5) is 33.1. The van der Waals surface area contributed by atoms with Gasteiger partial charge in [0.2, 0.25) is 0 Å². The molecule has 8 heteroatoms. The molecule has 1 heterocycles. The van der Waals surface area contributed by atoms with E-state index in [2.05, 4.69) is 33.0 Å². The number of carbonyl (C=O) groups is 1. The Morgan fingerprint density at radius 2 is 1.74 bits per heavy atom. The largest absolute Gasteiger partial charge is 0.383 e. The molecule has 188 valence electrons. The van der Waals surface area contributed by atoms with E-state index in [4.69, 9.17) is 21.3 Å². The van der Waals surface area contributed by atoms with E-state index >= 15 is 0 Å². The SMILES string of the molecule is COCCN(C(=O)Nc1c(C(C)C)cccc1C(C)C)C(C)c1nc2cc(Cl)ccc2c(=O)n1C. The van der Waals surface area contributed by atoms with Gasteiger partial charge in [-0.1, -0.05) is 57.5 Å². The molecule has 2 aromatic carbocycles. The molecule has 3 aromatic rings. The zero-order chi connectivity index (χ0) is 25.9. The molecule has 1 unspecified atom stereocenters. The van der Waals surface area contributed by atoms with Crippen LogP contribution in [0.4, 0.5) is 10.5 Å². The molecular formula is C27H35ClN4O3. The third-order valence-corrected chi connectivity index (χ3v) is 6.55. The molecular weight excluding hydrogens is 464 g/mol. The van der Waals surface area contributed by atoms with Gasteiger partial charge in [0, 0.05) is 31.4 Å². The first-order chi connectivity index (χ1) is 16.6. The fourth-order valence-electron chi connectivity index (χ4n) is 4.31. The van der Waals surface area contributed by atoms with Crippen molar-refractivity contribution in [1.29, 1.82) is 0 Å². The number of nitrogens with zero attached hydrogens (tertiary/aromatic N) is 3. The number of ether oxygens (including phenoxy) is 1. The average molecular weight is 499 g/mol. The van der Waals surface area contributed by atoms with Gasteiger partial charge < -0.3 is 15.0 Å². The Hall–Kier alpha value is -2.90. The maximum atomic E-state index is 13.7. The van der Waals surface area contributed by atoms with Gasteiger partial charge in [-0.05, 0) is 48.1 Å². The second kappa shape index (κ2) is 11.2. The van der Waals surface area contributed by atoms with E-state index < -0.39 is 6.04 Å². The lowest BCUT2D eigenvalue weighted by Gasteiger charge is -2.31. The van der Waals surface area contributed by atoms with Gasteiger partial charge in [0.1, 0.15) is 5.82 Å². The van der Waals surface area contributed by atoms with Crippen LogP contribution in [0, 0.1) is 0 Å². The van der Waals surface area contributed by atoms with Crippen molar-refractivity contribution in [2.45, 2.75) is 52.5 Å². The highest BCUT2D eigenvalue weighted by molar-refractivity contribution is 6.31. The standard InChI is InChI=1S/C27H35ClN4O3/c1-16(2)20-9-8-10-21(17(3)4)24(20)30-27(34)32(13-14-35-7)18(5)25-29-23-15-19(28)11-12-22(23)26(33)31(25)6/h8-12,15-18H,13-14H2,1-7H3,(H,30,34). The number of methoxy groups -OCH3 is 1. The van der Waals surface area contributed by atoms with Crippen LogP contribution in [0.3, 0.4) is 0 Å². The lowest BCUT2D eigenvalue weighted by molar-refractivity contribution is 0.136. The highest BCUT2D eigenvalue weighted by Gasteiger charge is 2.27. The topological polar surface area (TPSA) is 76.5 Å². The molecule has 3 rings (SSSR count). The van der Waals surface area contributed by atoms with E-state index in [0.29, 0.717) is 34.9 Å². The molecule has 0 aliphatic carbocycles. The minimum absolute atomic E-state index is 0.187. The average Bonchev–Trinajstić information content (AvgIpc) is 2.81. The van der Waals surface area contributed by atoms with Crippen molar-refractivity contribution in [3.8, 4) is 0 Å². The smallest absolute Gasteiger partial charge is 0.322 e. The number of benzene rings is 2. The van der Waals surface area contributed by atoms with Gasteiger partial charge in [0.15, 0.2) is 0 Å². The molecule has 1 atom stereocenters. The normalized spacial score (nSPS) is 12.4. The van der Waals surface area contributed by atoms with Crippen molar-refractivity contribution >= 4 is 34.2 Å². The van der Waals surface area contributed by atoms with Crippen LogP contribution in [-0.2, 0) is 11.8 Å². The summed E-state index contributed by atoms with van der Waals surface area (Å²) >= 11 is 6.16. The van der Waals surface area contributed by atoms with Crippen LogP contribution in [0.15, 0.2) is 41.2 Å². The predicted molar refractivity (Wildman–Crippen MR) is 143 cm³/mol. The molecule has 0 bridgehead atoms.